The van der Waals surface area contributed by atoms with Crippen LogP contribution in [0, 0.1) is 5.92 Å². The molecule has 1 aliphatic rings. The Bertz CT molecular complexity index is 2590. The van der Waals surface area contributed by atoms with Crippen LogP contribution in [0.15, 0.2) is 47.2 Å². The standard InChI is InChI=1S/C44H62N8O13S.CHF3O3S/c1-41(2,3)61-36(56)32(65-49-33(35(54)55)31-26-66-37(47-31)48-39(58)63-43(7,8)9)25-60-30-16-14-28(15-17-30)34(53)46-29-23-51(19-13-18-45-38(57)62-42(4,5)6)52(24-29)22-27-20-50(21-27)40(59)64-44(10,11)12;2-1(3,4)8(5,6)7/h14-17,23-24,26-27,32H,13,18-22,25H2,1-12H3,(H3-,45,46,47,48,53,54,55,57,58);(H,5,6,7)/b49-33-;. The summed E-state index contributed by atoms with van der Waals surface area (Å²) in [6, 6.07) is 6.06. The number of aliphatic carboxylic acids is 1. The van der Waals surface area contributed by atoms with Crippen LogP contribution in [0.3, 0.4) is 0 Å². The van der Waals surface area contributed by atoms with E-state index in [-0.39, 0.29) is 34.1 Å². The Kier molecular flexibility index (Phi) is 20.8. The Balaban J connectivity index is 0.00000166. The summed E-state index contributed by atoms with van der Waals surface area (Å²) in [6.45, 7) is 22.7. The lowest BCUT2D eigenvalue weighted by Gasteiger charge is -2.38. The first-order valence-electron chi connectivity index (χ1n) is 22.5. The monoisotopic (exact) mass is 1090 g/mol. The summed E-state index contributed by atoms with van der Waals surface area (Å²) >= 11 is 0.924. The molecule has 4 rings (SSSR count). The molecule has 24 nitrogen and oxygen atoms in total. The van der Waals surface area contributed by atoms with Crippen LogP contribution >= 0.6 is 11.3 Å². The number of carboxylic acid groups (broad SMARTS) is 1. The third kappa shape index (κ3) is 22.2. The second-order valence-electron chi connectivity index (χ2n) is 20.3. The summed E-state index contributed by atoms with van der Waals surface area (Å²) in [4.78, 5) is 86.9. The maximum atomic E-state index is 13.5. The van der Waals surface area contributed by atoms with Crippen LogP contribution < -0.4 is 25.4 Å². The number of rotatable bonds is 17. The van der Waals surface area contributed by atoms with E-state index in [1.165, 1.54) is 29.6 Å². The van der Waals surface area contributed by atoms with Crippen molar-refractivity contribution in [2.75, 3.05) is 36.9 Å². The highest BCUT2D eigenvalue weighted by atomic mass is 32.2. The number of carboxylic acids is 1. The highest BCUT2D eigenvalue weighted by molar-refractivity contribution is 7.86. The molecule has 412 valence electrons. The molecule has 29 heteroatoms. The molecule has 4 N–H and O–H groups in total. The second-order valence-corrected chi connectivity index (χ2v) is 22.5. The van der Waals surface area contributed by atoms with Gasteiger partial charge >= 0.3 is 35.7 Å². The molecule has 3 heterocycles. The van der Waals surface area contributed by atoms with Crippen molar-refractivity contribution in [2.24, 2.45) is 11.1 Å². The summed E-state index contributed by atoms with van der Waals surface area (Å²) in [5.41, 5.74) is -8.61. The topological polar surface area (TPSA) is 309 Å². The highest BCUT2D eigenvalue weighted by Crippen LogP contribution is 2.23. The number of hydrogen-bond acceptors (Lipinski definition) is 18. The van der Waals surface area contributed by atoms with Crippen molar-refractivity contribution >= 4 is 74.1 Å². The van der Waals surface area contributed by atoms with Gasteiger partial charge in [0.25, 0.3) is 12.0 Å². The number of carbonyl (C=O) groups is 6. The van der Waals surface area contributed by atoms with Gasteiger partial charge in [0.1, 0.15) is 46.1 Å². The van der Waals surface area contributed by atoms with Gasteiger partial charge in [0.2, 0.25) is 11.9 Å². The minimum atomic E-state index is -6.09. The molecular weight excluding hydrogens is 1030 g/mol. The third-order valence-electron chi connectivity index (χ3n) is 8.75. The zero-order valence-corrected chi connectivity index (χ0v) is 44.5. The molecule has 0 radical (unpaired) electrons. The normalized spacial score (nSPS) is 14.0. The number of aryl methyl sites for hydroxylation is 1. The Morgan fingerprint density at radius 2 is 1.42 bits per heavy atom. The average molecular weight is 1090 g/mol. The van der Waals surface area contributed by atoms with Crippen molar-refractivity contribution in [1.82, 2.24) is 19.9 Å². The van der Waals surface area contributed by atoms with E-state index in [2.05, 4.69) is 26.1 Å². The van der Waals surface area contributed by atoms with E-state index in [9.17, 15) is 47.0 Å². The first-order valence-corrected chi connectivity index (χ1v) is 24.8. The zero-order valence-electron chi connectivity index (χ0n) is 42.9. The predicted molar refractivity (Wildman–Crippen MR) is 257 cm³/mol. The number of likely N-dealkylation sites (tertiary alicyclic amines) is 1. The maximum absolute atomic E-state index is 13.5. The van der Waals surface area contributed by atoms with E-state index in [0.29, 0.717) is 44.8 Å². The van der Waals surface area contributed by atoms with Crippen LogP contribution in [0.25, 0.3) is 0 Å². The number of nitrogens with zero attached hydrogens (tertiary/aromatic N) is 5. The molecule has 1 aliphatic heterocycles. The van der Waals surface area contributed by atoms with Gasteiger partial charge in [0.15, 0.2) is 21.8 Å². The minimum Gasteiger partial charge on any atom is -0.741 e. The van der Waals surface area contributed by atoms with Gasteiger partial charge in [0.05, 0.1) is 18.7 Å². The summed E-state index contributed by atoms with van der Waals surface area (Å²) in [7, 11) is -6.09. The van der Waals surface area contributed by atoms with Crippen LogP contribution in [0.2, 0.25) is 0 Å². The molecule has 1 atom stereocenters. The Morgan fingerprint density at radius 3 is 1.95 bits per heavy atom. The van der Waals surface area contributed by atoms with Gasteiger partial charge in [-0.3, -0.25) is 10.1 Å². The molecule has 1 saturated heterocycles. The van der Waals surface area contributed by atoms with Gasteiger partial charge in [-0.05, 0) is 114 Å². The molecule has 0 aliphatic carbocycles. The van der Waals surface area contributed by atoms with E-state index in [1.54, 1.807) is 79.6 Å². The van der Waals surface area contributed by atoms with Gasteiger partial charge in [-0.15, -0.1) is 16.0 Å². The lowest BCUT2D eigenvalue weighted by Crippen LogP contribution is -2.58. The molecule has 1 aromatic carbocycles. The number of amides is 4. The van der Waals surface area contributed by atoms with E-state index >= 15 is 0 Å². The smallest absolute Gasteiger partial charge is 0.485 e. The van der Waals surface area contributed by atoms with Crippen LogP contribution in [0.1, 0.15) is 106 Å². The number of alkyl halides is 3. The summed E-state index contributed by atoms with van der Waals surface area (Å²) in [5.74, 6) is -2.45. The Hall–Kier alpha value is -6.75. The van der Waals surface area contributed by atoms with Gasteiger partial charge < -0.3 is 53.7 Å². The molecule has 0 spiro atoms. The number of carbonyl (C=O) groups excluding carboxylic acids is 5. The number of halogens is 3. The van der Waals surface area contributed by atoms with Crippen molar-refractivity contribution in [2.45, 2.75) is 137 Å². The number of ether oxygens (including phenoxy) is 5. The van der Waals surface area contributed by atoms with Crippen molar-refractivity contribution in [3.63, 3.8) is 0 Å². The van der Waals surface area contributed by atoms with Crippen LogP contribution in [-0.2, 0) is 56.6 Å². The fraction of sp³-hybridized carbons (Fsp3) is 0.578. The number of oxime groups is 1. The molecule has 2 aromatic heterocycles. The van der Waals surface area contributed by atoms with Gasteiger partial charge in [-0.25, -0.2) is 37.4 Å². The number of nitrogens with one attached hydrogen (secondary N) is 3. The Labute approximate surface area is 429 Å². The molecule has 1 fully saturated rings. The summed E-state index contributed by atoms with van der Waals surface area (Å²) in [5, 5.41) is 23.1. The zero-order chi connectivity index (χ0) is 56.2. The van der Waals surface area contributed by atoms with E-state index in [0.717, 1.165) is 11.3 Å². The van der Waals surface area contributed by atoms with Gasteiger partial charge in [-0.2, -0.15) is 17.9 Å². The van der Waals surface area contributed by atoms with Crippen molar-refractivity contribution < 1.29 is 93.2 Å². The highest BCUT2D eigenvalue weighted by Gasteiger charge is 2.38. The summed E-state index contributed by atoms with van der Waals surface area (Å²) < 4.78 is 90.1. The number of aromatic nitrogens is 3. The van der Waals surface area contributed by atoms with E-state index in [1.807, 2.05) is 30.1 Å². The summed E-state index contributed by atoms with van der Waals surface area (Å²) in [6.07, 6.45) is 0.939. The molecular formula is C45H63F3N8O16S2. The van der Waals surface area contributed by atoms with Gasteiger partial charge in [-0.1, -0.05) is 5.16 Å². The lowest BCUT2D eigenvalue weighted by atomic mass is 10.0. The molecule has 0 bridgehead atoms. The molecule has 74 heavy (non-hydrogen) atoms. The minimum absolute atomic E-state index is 0.0412. The molecule has 3 aromatic rings. The molecule has 0 saturated carbocycles. The second kappa shape index (κ2) is 25.0. The average Bonchev–Trinajstić information content (AvgIpc) is 3.81. The molecule has 4 amide bonds. The number of anilines is 2. The van der Waals surface area contributed by atoms with E-state index < -0.39 is 86.5 Å². The van der Waals surface area contributed by atoms with Crippen molar-refractivity contribution in [1.29, 1.82) is 0 Å². The number of alkyl carbamates (subject to hydrolysis) is 1. The lowest BCUT2D eigenvalue weighted by molar-refractivity contribution is -0.781. The number of esters is 1. The quantitative estimate of drug-likeness (QED) is 0.0169. The van der Waals surface area contributed by atoms with Crippen LogP contribution in [0.5, 0.6) is 5.75 Å². The molecule has 1 unspecified atom stereocenters. The first kappa shape index (κ1) is 61.5. The third-order valence-corrected chi connectivity index (χ3v) is 10.1. The SMILES string of the molecule is CC(C)(C)OC(=O)NCCCn1cc(NC(=O)c2ccc(OCC(O/N=C(\C(=O)O)c3csc(NC(=O)OC(C)(C)C)n3)C(=O)OC(C)(C)C)cc2)c[n+]1CC1CN(C(=O)OC(C)(C)C)C1.O=S(=O)([O-])C(F)(F)F. The van der Waals surface area contributed by atoms with Crippen molar-refractivity contribution in [3.8, 4) is 5.75 Å². The van der Waals surface area contributed by atoms with Crippen molar-refractivity contribution in [3.05, 3.63) is 53.3 Å². The first-order chi connectivity index (χ1) is 33.8. The van der Waals surface area contributed by atoms with Gasteiger partial charge in [0, 0.05) is 30.6 Å². The maximum Gasteiger partial charge on any atom is 0.485 e. The number of thiazole rings is 1. The largest absolute Gasteiger partial charge is 0.741 e. The Morgan fingerprint density at radius 1 is 0.865 bits per heavy atom. The number of benzene rings is 1. The fourth-order valence-corrected chi connectivity index (χ4v) is 6.50. The van der Waals surface area contributed by atoms with Crippen LogP contribution in [-0.4, -0.2) is 135 Å². The number of hydrogen-bond donors (Lipinski definition) is 4. The van der Waals surface area contributed by atoms with E-state index in [4.69, 9.17) is 41.5 Å². The predicted octanol–water partition coefficient (Wildman–Crippen LogP) is 6.26. The fourth-order valence-electron chi connectivity index (χ4n) is 5.82. The van der Waals surface area contributed by atoms with Crippen LogP contribution in [0.4, 0.5) is 38.4 Å².